The number of alkyl halides is 3. The average Bonchev–Trinajstić information content (AvgIpc) is 2.76. The summed E-state index contributed by atoms with van der Waals surface area (Å²) in [5.41, 5.74) is -0.322. The first-order valence-corrected chi connectivity index (χ1v) is 9.78. The molecular weight excluding hydrogens is 435 g/mol. The zero-order valence-electron chi connectivity index (χ0n) is 16.1. The number of aromatic nitrogens is 2. The lowest BCUT2D eigenvalue weighted by atomic mass is 10.1. The van der Waals surface area contributed by atoms with Crippen molar-refractivity contribution >= 4 is 17.3 Å². The fraction of sp³-hybridized carbons (Fsp3) is 0.238. The van der Waals surface area contributed by atoms with Gasteiger partial charge in [-0.15, -0.1) is 0 Å². The number of anilines is 1. The minimum atomic E-state index is -4.53. The molecule has 1 aliphatic rings. The van der Waals surface area contributed by atoms with E-state index in [1.54, 1.807) is 0 Å². The molecule has 1 aliphatic heterocycles. The minimum absolute atomic E-state index is 0.0236. The lowest BCUT2D eigenvalue weighted by Gasteiger charge is -2.19. The zero-order valence-corrected chi connectivity index (χ0v) is 16.8. The summed E-state index contributed by atoms with van der Waals surface area (Å²) in [7, 11) is 0. The number of nitrogens with one attached hydrogen (secondary N) is 1. The van der Waals surface area contributed by atoms with Gasteiger partial charge in [0.2, 0.25) is 0 Å². The molecule has 2 heterocycles. The van der Waals surface area contributed by atoms with Gasteiger partial charge in [0.25, 0.3) is 5.56 Å². The Balaban J connectivity index is 1.47. The van der Waals surface area contributed by atoms with Gasteiger partial charge in [-0.2, -0.15) is 23.0 Å². The van der Waals surface area contributed by atoms with Crippen molar-refractivity contribution in [2.24, 2.45) is 0 Å². The van der Waals surface area contributed by atoms with Crippen molar-refractivity contribution in [2.75, 3.05) is 25.1 Å². The molecule has 0 amide bonds. The second-order valence-electron chi connectivity index (χ2n) is 6.79. The number of hydrogen-bond acceptors (Lipinski definition) is 5. The molecule has 4 rings (SSSR count). The molecule has 0 unspecified atom stereocenters. The SMILES string of the molecule is O=c1c(Cl)c(NCCc2ccc3c(c2)OCCO3)cnn1-c1cccc(C(F)(F)F)c1. The van der Waals surface area contributed by atoms with E-state index in [2.05, 4.69) is 10.4 Å². The van der Waals surface area contributed by atoms with Crippen LogP contribution in [0.15, 0.2) is 53.5 Å². The highest BCUT2D eigenvalue weighted by Crippen LogP contribution is 2.31. The lowest BCUT2D eigenvalue weighted by Crippen LogP contribution is -2.23. The van der Waals surface area contributed by atoms with Crippen molar-refractivity contribution in [3.05, 3.63) is 75.2 Å². The predicted octanol–water partition coefficient (Wildman–Crippen LogP) is 4.33. The molecule has 0 atom stereocenters. The Morgan fingerprint density at radius 3 is 2.65 bits per heavy atom. The molecule has 1 aromatic heterocycles. The fourth-order valence-corrected chi connectivity index (χ4v) is 3.33. The van der Waals surface area contributed by atoms with Crippen LogP contribution in [0.1, 0.15) is 11.1 Å². The van der Waals surface area contributed by atoms with Gasteiger partial charge in [0, 0.05) is 6.54 Å². The quantitative estimate of drug-likeness (QED) is 0.625. The highest BCUT2D eigenvalue weighted by atomic mass is 35.5. The van der Waals surface area contributed by atoms with Gasteiger partial charge >= 0.3 is 6.18 Å². The third-order valence-corrected chi connectivity index (χ3v) is 5.04. The van der Waals surface area contributed by atoms with Crippen molar-refractivity contribution in [3.8, 4) is 17.2 Å². The van der Waals surface area contributed by atoms with E-state index < -0.39 is 17.3 Å². The molecular formula is C21H17ClF3N3O3. The second-order valence-corrected chi connectivity index (χ2v) is 7.17. The van der Waals surface area contributed by atoms with Gasteiger partial charge in [0.1, 0.15) is 18.2 Å². The molecule has 0 radical (unpaired) electrons. The van der Waals surface area contributed by atoms with E-state index in [1.165, 1.54) is 18.3 Å². The molecule has 1 N–H and O–H groups in total. The van der Waals surface area contributed by atoms with Crippen molar-refractivity contribution in [2.45, 2.75) is 12.6 Å². The van der Waals surface area contributed by atoms with Crippen LogP contribution >= 0.6 is 11.6 Å². The fourth-order valence-electron chi connectivity index (χ4n) is 3.14. The van der Waals surface area contributed by atoms with Crippen LogP contribution in [0.25, 0.3) is 5.69 Å². The summed E-state index contributed by atoms with van der Waals surface area (Å²) >= 11 is 6.16. The first kappa shape index (κ1) is 21.0. The van der Waals surface area contributed by atoms with E-state index >= 15 is 0 Å². The smallest absolute Gasteiger partial charge is 0.416 e. The van der Waals surface area contributed by atoms with Gasteiger partial charge < -0.3 is 14.8 Å². The number of nitrogens with zero attached hydrogens (tertiary/aromatic N) is 2. The Kier molecular flexibility index (Phi) is 5.77. The van der Waals surface area contributed by atoms with Crippen LogP contribution in [0.3, 0.4) is 0 Å². The van der Waals surface area contributed by atoms with E-state index in [0.717, 1.165) is 22.4 Å². The molecule has 2 aromatic carbocycles. The summed E-state index contributed by atoms with van der Waals surface area (Å²) in [5, 5.41) is 6.85. The molecule has 0 saturated carbocycles. The molecule has 162 valence electrons. The first-order valence-electron chi connectivity index (χ1n) is 9.41. The Hall–Kier alpha value is -3.20. The maximum Gasteiger partial charge on any atom is 0.416 e. The summed E-state index contributed by atoms with van der Waals surface area (Å²) < 4.78 is 50.7. The molecule has 0 bridgehead atoms. The molecule has 0 spiro atoms. The molecule has 0 aliphatic carbocycles. The summed E-state index contributed by atoms with van der Waals surface area (Å²) in [4.78, 5) is 12.6. The molecule has 6 nitrogen and oxygen atoms in total. The molecule has 0 fully saturated rings. The van der Waals surface area contributed by atoms with Crippen LogP contribution in [0.4, 0.5) is 18.9 Å². The Morgan fingerprint density at radius 2 is 1.87 bits per heavy atom. The van der Waals surface area contributed by atoms with Gasteiger partial charge in [0.15, 0.2) is 11.5 Å². The third kappa shape index (κ3) is 4.61. The second kappa shape index (κ2) is 8.50. The predicted molar refractivity (Wildman–Crippen MR) is 109 cm³/mol. The highest BCUT2D eigenvalue weighted by Gasteiger charge is 2.30. The molecule has 3 aromatic rings. The summed E-state index contributed by atoms with van der Waals surface area (Å²) in [6.45, 7) is 1.47. The Labute approximate surface area is 180 Å². The van der Waals surface area contributed by atoms with E-state index in [1.807, 2.05) is 18.2 Å². The monoisotopic (exact) mass is 451 g/mol. The minimum Gasteiger partial charge on any atom is -0.486 e. The number of hydrogen-bond donors (Lipinski definition) is 1. The number of benzene rings is 2. The van der Waals surface area contributed by atoms with E-state index in [9.17, 15) is 18.0 Å². The van der Waals surface area contributed by atoms with Crippen molar-refractivity contribution in [1.29, 1.82) is 0 Å². The van der Waals surface area contributed by atoms with Crippen LogP contribution in [-0.2, 0) is 12.6 Å². The van der Waals surface area contributed by atoms with Gasteiger partial charge in [-0.05, 0) is 42.3 Å². The van der Waals surface area contributed by atoms with Crippen molar-refractivity contribution < 1.29 is 22.6 Å². The van der Waals surface area contributed by atoms with E-state index in [-0.39, 0.29) is 10.7 Å². The van der Waals surface area contributed by atoms with Crippen LogP contribution in [-0.4, -0.2) is 29.5 Å². The van der Waals surface area contributed by atoms with Crippen molar-refractivity contribution in [3.63, 3.8) is 0 Å². The van der Waals surface area contributed by atoms with Crippen molar-refractivity contribution in [1.82, 2.24) is 9.78 Å². The Bertz CT molecular complexity index is 1160. The highest BCUT2D eigenvalue weighted by molar-refractivity contribution is 6.32. The molecule has 31 heavy (non-hydrogen) atoms. The van der Waals surface area contributed by atoms with E-state index in [0.29, 0.717) is 43.4 Å². The van der Waals surface area contributed by atoms with Crippen LogP contribution in [0, 0.1) is 0 Å². The van der Waals surface area contributed by atoms with Gasteiger partial charge in [-0.25, -0.2) is 0 Å². The van der Waals surface area contributed by atoms with E-state index in [4.69, 9.17) is 21.1 Å². The Morgan fingerprint density at radius 1 is 1.10 bits per heavy atom. The standard InChI is InChI=1S/C21H17ClF3N3O3/c22-19-16(26-7-6-13-4-5-17-18(10-13)31-9-8-30-17)12-27-28(20(19)29)15-3-1-2-14(11-15)21(23,24)25/h1-5,10-12,26H,6-9H2. The number of rotatable bonds is 5. The topological polar surface area (TPSA) is 65.4 Å². The van der Waals surface area contributed by atoms with Gasteiger partial charge in [0.05, 0.1) is 23.1 Å². The average molecular weight is 452 g/mol. The summed E-state index contributed by atoms with van der Waals surface area (Å²) in [6, 6.07) is 9.98. The van der Waals surface area contributed by atoms with Gasteiger partial charge in [-0.1, -0.05) is 23.7 Å². The third-order valence-electron chi connectivity index (χ3n) is 4.67. The summed E-state index contributed by atoms with van der Waals surface area (Å²) in [5.74, 6) is 1.39. The van der Waals surface area contributed by atoms with Crippen LogP contribution in [0.5, 0.6) is 11.5 Å². The maximum absolute atomic E-state index is 12.9. The molecule has 10 heteroatoms. The van der Waals surface area contributed by atoms with Gasteiger partial charge in [-0.3, -0.25) is 4.79 Å². The number of fused-ring (bicyclic) bond motifs is 1. The first-order chi connectivity index (χ1) is 14.8. The lowest BCUT2D eigenvalue weighted by molar-refractivity contribution is -0.137. The zero-order chi connectivity index (χ0) is 22.0. The maximum atomic E-state index is 12.9. The molecule has 0 saturated heterocycles. The number of ether oxygens (including phenoxy) is 2. The summed E-state index contributed by atoms with van der Waals surface area (Å²) in [6.07, 6.45) is -2.60. The van der Waals surface area contributed by atoms with Crippen LogP contribution in [0.2, 0.25) is 5.02 Å². The van der Waals surface area contributed by atoms with Crippen LogP contribution < -0.4 is 20.3 Å². The largest absolute Gasteiger partial charge is 0.486 e. The number of halogens is 4. The normalized spacial score (nSPS) is 13.2.